The summed E-state index contributed by atoms with van der Waals surface area (Å²) in [6.07, 6.45) is 1.55. The van der Waals surface area contributed by atoms with Crippen LogP contribution in [0.3, 0.4) is 0 Å². The first-order valence-electron chi connectivity index (χ1n) is 12.2. The number of carbonyl (C=O) groups excluding carboxylic acids is 1. The first-order chi connectivity index (χ1) is 19.3. The van der Waals surface area contributed by atoms with Crippen molar-refractivity contribution in [1.29, 1.82) is 0 Å². The number of thiazole rings is 1. The molecule has 0 amide bonds. The van der Waals surface area contributed by atoms with Crippen LogP contribution in [0.15, 0.2) is 86.1 Å². The molecule has 0 unspecified atom stereocenters. The second-order valence-electron chi connectivity index (χ2n) is 8.68. The van der Waals surface area contributed by atoms with Gasteiger partial charge in [-0.1, -0.05) is 41.7 Å². The van der Waals surface area contributed by atoms with Gasteiger partial charge in [0.15, 0.2) is 16.4 Å². The molecule has 4 aromatic rings. The summed E-state index contributed by atoms with van der Waals surface area (Å²) in [7, 11) is 0. The van der Waals surface area contributed by atoms with Crippen molar-refractivity contribution < 1.29 is 28.0 Å². The molecule has 5 rings (SSSR count). The Morgan fingerprint density at radius 1 is 1.23 bits per heavy atom. The highest BCUT2D eigenvalue weighted by Gasteiger charge is 2.33. The maximum atomic E-state index is 14.0. The number of allylic oxidation sites excluding steroid dienone is 1. The largest absolute Gasteiger partial charge is 0.482 e. The quantitative estimate of drug-likeness (QED) is 0.180. The molecule has 0 spiro atoms. The van der Waals surface area contributed by atoms with E-state index in [-0.39, 0.29) is 35.8 Å². The Kier molecular flexibility index (Phi) is 7.43. The van der Waals surface area contributed by atoms with E-state index in [4.69, 9.17) is 13.9 Å². The van der Waals surface area contributed by atoms with E-state index in [9.17, 15) is 24.1 Å². The smallest absolute Gasteiger partial charge is 0.338 e. The van der Waals surface area contributed by atoms with E-state index in [0.717, 1.165) is 35.1 Å². The standard InChI is InChI=1S/C28H22FN3O7S/c1-3-37-27(34)24-16(2)30-28-31(25(24)17-7-5-4-6-8-17)26(33)23(40-28)14-19-10-11-20(39-19)15-38-22-13-18(32(35)36)9-12-21(22)29/h4-14,25H,3,15H2,1-2H3/t25-/m1/s1. The number of halogens is 1. The summed E-state index contributed by atoms with van der Waals surface area (Å²) >= 11 is 1.15. The van der Waals surface area contributed by atoms with Crippen LogP contribution in [-0.2, 0) is 16.1 Å². The lowest BCUT2D eigenvalue weighted by Crippen LogP contribution is -2.39. The summed E-state index contributed by atoms with van der Waals surface area (Å²) in [6.45, 7) is 3.41. The molecule has 2 aromatic heterocycles. The zero-order valence-electron chi connectivity index (χ0n) is 21.3. The van der Waals surface area contributed by atoms with Crippen molar-refractivity contribution in [2.45, 2.75) is 26.5 Å². The highest BCUT2D eigenvalue weighted by molar-refractivity contribution is 7.07. The van der Waals surface area contributed by atoms with Crippen LogP contribution >= 0.6 is 11.3 Å². The Labute approximate surface area is 230 Å². The number of fused-ring (bicyclic) bond motifs is 1. The number of esters is 1. The van der Waals surface area contributed by atoms with Crippen LogP contribution in [0.1, 0.15) is 37.0 Å². The van der Waals surface area contributed by atoms with Crippen LogP contribution in [0.25, 0.3) is 6.08 Å². The fourth-order valence-electron chi connectivity index (χ4n) is 4.29. The van der Waals surface area contributed by atoms with Gasteiger partial charge in [-0.15, -0.1) is 0 Å². The summed E-state index contributed by atoms with van der Waals surface area (Å²) in [5, 5.41) is 11.0. The average Bonchev–Trinajstić information content (AvgIpc) is 3.51. The van der Waals surface area contributed by atoms with E-state index in [2.05, 4.69) is 4.99 Å². The fraction of sp³-hybridized carbons (Fsp3) is 0.179. The van der Waals surface area contributed by atoms with Crippen molar-refractivity contribution in [3.63, 3.8) is 0 Å². The third-order valence-electron chi connectivity index (χ3n) is 6.08. The number of nitro benzene ring substituents is 1. The Hall–Kier alpha value is -4.84. The molecule has 0 radical (unpaired) electrons. The molecule has 0 saturated carbocycles. The highest BCUT2D eigenvalue weighted by atomic mass is 32.1. The van der Waals surface area contributed by atoms with Gasteiger partial charge >= 0.3 is 5.97 Å². The van der Waals surface area contributed by atoms with Gasteiger partial charge in [-0.25, -0.2) is 14.2 Å². The van der Waals surface area contributed by atoms with Gasteiger partial charge in [-0.2, -0.15) is 0 Å². The highest BCUT2D eigenvalue weighted by Crippen LogP contribution is 2.30. The predicted molar refractivity (Wildman–Crippen MR) is 143 cm³/mol. The van der Waals surface area contributed by atoms with Crippen molar-refractivity contribution in [1.82, 2.24) is 4.57 Å². The zero-order chi connectivity index (χ0) is 28.4. The molecule has 0 bridgehead atoms. The Bertz CT molecular complexity index is 1820. The van der Waals surface area contributed by atoms with E-state index in [1.54, 1.807) is 32.1 Å². The maximum absolute atomic E-state index is 14.0. The van der Waals surface area contributed by atoms with Crippen LogP contribution in [-0.4, -0.2) is 22.1 Å². The van der Waals surface area contributed by atoms with E-state index < -0.39 is 22.8 Å². The molecule has 3 heterocycles. The molecule has 2 aromatic carbocycles. The molecule has 0 fully saturated rings. The lowest BCUT2D eigenvalue weighted by Gasteiger charge is -2.24. The molecule has 0 N–H and O–H groups in total. The van der Waals surface area contributed by atoms with Gasteiger partial charge in [0.2, 0.25) is 0 Å². The minimum atomic E-state index is -0.746. The number of ether oxygens (including phenoxy) is 2. The third-order valence-corrected chi connectivity index (χ3v) is 7.07. The number of nitro groups is 1. The van der Waals surface area contributed by atoms with E-state index >= 15 is 0 Å². The van der Waals surface area contributed by atoms with Gasteiger partial charge < -0.3 is 13.9 Å². The van der Waals surface area contributed by atoms with Crippen molar-refractivity contribution in [2.75, 3.05) is 6.61 Å². The van der Waals surface area contributed by atoms with Gasteiger partial charge in [0, 0.05) is 12.1 Å². The van der Waals surface area contributed by atoms with Crippen molar-refractivity contribution in [3.8, 4) is 5.75 Å². The minimum Gasteiger partial charge on any atom is -0.482 e. The van der Waals surface area contributed by atoms with Gasteiger partial charge in [0.05, 0.1) is 39.4 Å². The average molecular weight is 564 g/mol. The molecule has 10 nitrogen and oxygen atoms in total. The van der Waals surface area contributed by atoms with Crippen molar-refractivity contribution in [2.24, 2.45) is 4.99 Å². The number of aromatic nitrogens is 1. The van der Waals surface area contributed by atoms with Gasteiger partial charge in [0.1, 0.15) is 18.1 Å². The first kappa shape index (κ1) is 26.8. The SMILES string of the molecule is CCOC(=O)C1=C(C)N=c2sc(=Cc3ccc(COc4cc([N+](=O)[O-])ccc4F)o3)c(=O)n2[C@@H]1c1ccccc1. The van der Waals surface area contributed by atoms with Crippen LogP contribution in [0.2, 0.25) is 0 Å². The van der Waals surface area contributed by atoms with Crippen LogP contribution in [0.5, 0.6) is 5.75 Å². The normalized spacial score (nSPS) is 15.0. The summed E-state index contributed by atoms with van der Waals surface area (Å²) in [5.74, 6) is -0.922. The fourth-order valence-corrected chi connectivity index (χ4v) is 5.31. The number of furan rings is 1. The van der Waals surface area contributed by atoms with E-state index in [1.165, 1.54) is 4.57 Å². The lowest BCUT2D eigenvalue weighted by molar-refractivity contribution is -0.385. The predicted octanol–water partition coefficient (Wildman–Crippen LogP) is 4.02. The molecule has 1 atom stereocenters. The number of non-ortho nitro benzene ring substituents is 1. The Morgan fingerprint density at radius 2 is 2.00 bits per heavy atom. The molecule has 204 valence electrons. The summed E-state index contributed by atoms with van der Waals surface area (Å²) in [6, 6.07) is 14.7. The third kappa shape index (κ3) is 5.21. The molecule has 1 aliphatic heterocycles. The minimum absolute atomic E-state index is 0.180. The van der Waals surface area contributed by atoms with Crippen molar-refractivity contribution >= 4 is 29.1 Å². The van der Waals surface area contributed by atoms with Crippen LogP contribution < -0.4 is 19.6 Å². The van der Waals surface area contributed by atoms with Gasteiger partial charge in [0.25, 0.3) is 11.2 Å². The lowest BCUT2D eigenvalue weighted by atomic mass is 9.96. The zero-order valence-corrected chi connectivity index (χ0v) is 22.1. The van der Waals surface area contributed by atoms with Gasteiger partial charge in [-0.05, 0) is 37.6 Å². The second kappa shape index (κ2) is 11.1. The number of hydrogen-bond acceptors (Lipinski definition) is 9. The Balaban J connectivity index is 1.47. The molecule has 0 aliphatic carbocycles. The second-order valence-corrected chi connectivity index (χ2v) is 9.69. The number of carbonyl (C=O) groups is 1. The first-order valence-corrected chi connectivity index (χ1v) is 13.0. The van der Waals surface area contributed by atoms with Crippen LogP contribution in [0.4, 0.5) is 10.1 Å². The van der Waals surface area contributed by atoms with Gasteiger partial charge in [-0.3, -0.25) is 19.5 Å². The molecular formula is C28H22FN3O7S. The summed E-state index contributed by atoms with van der Waals surface area (Å²) in [5.41, 5.74) is 0.823. The number of hydrogen-bond donors (Lipinski definition) is 0. The van der Waals surface area contributed by atoms with E-state index in [1.807, 2.05) is 30.3 Å². The number of rotatable bonds is 8. The summed E-state index contributed by atoms with van der Waals surface area (Å²) < 4.78 is 32.2. The number of benzene rings is 2. The molecular weight excluding hydrogens is 541 g/mol. The Morgan fingerprint density at radius 3 is 2.73 bits per heavy atom. The van der Waals surface area contributed by atoms with E-state index in [0.29, 0.717) is 26.6 Å². The molecule has 0 saturated heterocycles. The monoisotopic (exact) mass is 563 g/mol. The maximum Gasteiger partial charge on any atom is 0.338 e. The molecule has 40 heavy (non-hydrogen) atoms. The van der Waals surface area contributed by atoms with Crippen LogP contribution in [0, 0.1) is 15.9 Å². The summed E-state index contributed by atoms with van der Waals surface area (Å²) in [4.78, 5) is 41.8. The van der Waals surface area contributed by atoms with Crippen molar-refractivity contribution in [3.05, 3.63) is 125 Å². The molecule has 12 heteroatoms. The molecule has 1 aliphatic rings. The topological polar surface area (TPSA) is 126 Å². The number of nitrogens with zero attached hydrogens (tertiary/aromatic N) is 3.